The molecule has 0 fully saturated rings. The normalized spacial score (nSPS) is 11.1. The molecule has 1 amide bonds. The molecule has 0 aliphatic rings. The second kappa shape index (κ2) is 6.15. The Balaban J connectivity index is 2.53. The average Bonchev–Trinajstić information content (AvgIpc) is 2.29. The number of nitrogens with one attached hydrogen (secondary N) is 2. The molecule has 1 aromatic heterocycles. The minimum absolute atomic E-state index is 0.0487. The number of nitrogens with zero attached hydrogens (tertiary/aromatic N) is 1. The van der Waals surface area contributed by atoms with Crippen LogP contribution in [0.15, 0.2) is 31.0 Å². The van der Waals surface area contributed by atoms with Crippen LogP contribution in [0.25, 0.3) is 0 Å². The van der Waals surface area contributed by atoms with Gasteiger partial charge in [-0.3, -0.25) is 4.79 Å². The molecule has 0 atom stereocenters. The standard InChI is InChI=1S/C11H12F3N3O/c1-2-5-15-7-10(18)17-8-3-4-9(16-6-8)11(12,13)14/h2-4,6,15H,1,5,7H2,(H,17,18). The number of carbonyl (C=O) groups excluding carboxylic acids is 1. The molecule has 7 heteroatoms. The minimum Gasteiger partial charge on any atom is -0.324 e. The van der Waals surface area contributed by atoms with Gasteiger partial charge in [0.15, 0.2) is 0 Å². The van der Waals surface area contributed by atoms with Gasteiger partial charge in [0.25, 0.3) is 0 Å². The number of anilines is 1. The molecule has 0 bridgehead atoms. The van der Waals surface area contributed by atoms with E-state index in [-0.39, 0.29) is 18.1 Å². The van der Waals surface area contributed by atoms with Gasteiger partial charge in [-0.1, -0.05) is 6.08 Å². The van der Waals surface area contributed by atoms with Gasteiger partial charge in [0.05, 0.1) is 18.4 Å². The lowest BCUT2D eigenvalue weighted by Gasteiger charge is -2.08. The van der Waals surface area contributed by atoms with E-state index >= 15 is 0 Å². The van der Waals surface area contributed by atoms with E-state index in [2.05, 4.69) is 22.2 Å². The number of rotatable bonds is 5. The van der Waals surface area contributed by atoms with Gasteiger partial charge in [-0.15, -0.1) is 6.58 Å². The summed E-state index contributed by atoms with van der Waals surface area (Å²) < 4.78 is 36.7. The Hall–Kier alpha value is -1.89. The van der Waals surface area contributed by atoms with Crippen LogP contribution < -0.4 is 10.6 Å². The van der Waals surface area contributed by atoms with Crippen LogP contribution in [0.5, 0.6) is 0 Å². The fourth-order valence-electron chi connectivity index (χ4n) is 1.13. The SMILES string of the molecule is C=CCNCC(=O)Nc1ccc(C(F)(F)F)nc1. The van der Waals surface area contributed by atoms with Crippen molar-refractivity contribution in [1.29, 1.82) is 0 Å². The molecule has 1 heterocycles. The van der Waals surface area contributed by atoms with E-state index in [1.165, 1.54) is 0 Å². The number of alkyl halides is 3. The maximum atomic E-state index is 12.2. The Kier molecular flexibility index (Phi) is 4.85. The second-order valence-corrected chi connectivity index (χ2v) is 3.40. The van der Waals surface area contributed by atoms with E-state index < -0.39 is 11.9 Å². The third-order valence-corrected chi connectivity index (χ3v) is 1.91. The average molecular weight is 259 g/mol. The number of hydrogen-bond donors (Lipinski definition) is 2. The second-order valence-electron chi connectivity index (χ2n) is 3.40. The fourth-order valence-corrected chi connectivity index (χ4v) is 1.13. The van der Waals surface area contributed by atoms with E-state index in [9.17, 15) is 18.0 Å². The third kappa shape index (κ3) is 4.54. The summed E-state index contributed by atoms with van der Waals surface area (Å²) in [5, 5.41) is 5.17. The van der Waals surface area contributed by atoms with Crippen LogP contribution in [0.2, 0.25) is 0 Å². The zero-order chi connectivity index (χ0) is 13.6. The molecular weight excluding hydrogens is 247 g/mol. The van der Waals surface area contributed by atoms with Crippen molar-refractivity contribution in [2.75, 3.05) is 18.4 Å². The van der Waals surface area contributed by atoms with Crippen molar-refractivity contribution < 1.29 is 18.0 Å². The monoisotopic (exact) mass is 259 g/mol. The molecule has 0 unspecified atom stereocenters. The van der Waals surface area contributed by atoms with Crippen LogP contribution in [-0.4, -0.2) is 24.0 Å². The number of pyridine rings is 1. The molecule has 1 rings (SSSR count). The first-order valence-corrected chi connectivity index (χ1v) is 5.08. The lowest BCUT2D eigenvalue weighted by Crippen LogP contribution is -2.28. The summed E-state index contributed by atoms with van der Waals surface area (Å²) in [6.07, 6.45) is -1.92. The molecule has 0 spiro atoms. The molecule has 0 saturated heterocycles. The zero-order valence-corrected chi connectivity index (χ0v) is 9.42. The summed E-state index contributed by atoms with van der Waals surface area (Å²) in [5.41, 5.74) is -0.779. The van der Waals surface area contributed by atoms with Crippen molar-refractivity contribution in [3.63, 3.8) is 0 Å². The molecule has 0 radical (unpaired) electrons. The van der Waals surface area contributed by atoms with Crippen molar-refractivity contribution in [1.82, 2.24) is 10.3 Å². The summed E-state index contributed by atoms with van der Waals surface area (Å²) in [7, 11) is 0. The van der Waals surface area contributed by atoms with E-state index in [0.29, 0.717) is 6.54 Å². The van der Waals surface area contributed by atoms with Crippen LogP contribution in [-0.2, 0) is 11.0 Å². The molecule has 0 aliphatic heterocycles. The quantitative estimate of drug-likeness (QED) is 0.626. The van der Waals surface area contributed by atoms with Gasteiger partial charge < -0.3 is 10.6 Å². The van der Waals surface area contributed by atoms with Crippen molar-refractivity contribution in [2.45, 2.75) is 6.18 Å². The van der Waals surface area contributed by atoms with Gasteiger partial charge in [0.2, 0.25) is 5.91 Å². The zero-order valence-electron chi connectivity index (χ0n) is 9.42. The Morgan fingerprint density at radius 1 is 1.44 bits per heavy atom. The minimum atomic E-state index is -4.48. The first-order valence-electron chi connectivity index (χ1n) is 5.08. The largest absolute Gasteiger partial charge is 0.433 e. The molecule has 18 heavy (non-hydrogen) atoms. The maximum absolute atomic E-state index is 12.2. The van der Waals surface area contributed by atoms with Crippen molar-refractivity contribution >= 4 is 11.6 Å². The summed E-state index contributed by atoms with van der Waals surface area (Å²) in [6, 6.07) is 1.97. The van der Waals surface area contributed by atoms with Gasteiger partial charge in [0, 0.05) is 6.54 Å². The molecule has 0 aliphatic carbocycles. The van der Waals surface area contributed by atoms with Crippen molar-refractivity contribution in [3.8, 4) is 0 Å². The highest BCUT2D eigenvalue weighted by atomic mass is 19.4. The predicted molar refractivity (Wildman–Crippen MR) is 60.9 cm³/mol. The Morgan fingerprint density at radius 3 is 2.67 bits per heavy atom. The van der Waals surface area contributed by atoms with Crippen molar-refractivity contribution in [3.05, 3.63) is 36.7 Å². The highest BCUT2D eigenvalue weighted by Crippen LogP contribution is 2.27. The van der Waals surface area contributed by atoms with Crippen LogP contribution in [0.4, 0.5) is 18.9 Å². The smallest absolute Gasteiger partial charge is 0.324 e. The number of carbonyl (C=O) groups is 1. The van der Waals surface area contributed by atoms with Crippen LogP contribution in [0.1, 0.15) is 5.69 Å². The fraction of sp³-hybridized carbons (Fsp3) is 0.273. The first kappa shape index (κ1) is 14.2. The number of amides is 1. The van der Waals surface area contributed by atoms with Gasteiger partial charge >= 0.3 is 6.18 Å². The highest BCUT2D eigenvalue weighted by molar-refractivity contribution is 5.92. The molecule has 4 nitrogen and oxygen atoms in total. The number of halogens is 3. The Bertz CT molecular complexity index is 415. The van der Waals surface area contributed by atoms with Crippen LogP contribution >= 0.6 is 0 Å². The third-order valence-electron chi connectivity index (χ3n) is 1.91. The van der Waals surface area contributed by atoms with Crippen LogP contribution in [0.3, 0.4) is 0 Å². The van der Waals surface area contributed by atoms with E-state index in [4.69, 9.17) is 0 Å². The van der Waals surface area contributed by atoms with E-state index in [1.54, 1.807) is 6.08 Å². The molecule has 1 aromatic rings. The molecule has 0 saturated carbocycles. The van der Waals surface area contributed by atoms with Gasteiger partial charge in [0.1, 0.15) is 5.69 Å². The van der Waals surface area contributed by atoms with Crippen molar-refractivity contribution in [2.24, 2.45) is 0 Å². The van der Waals surface area contributed by atoms with Crippen LogP contribution in [0, 0.1) is 0 Å². The molecular formula is C11H12F3N3O. The lowest BCUT2D eigenvalue weighted by atomic mass is 10.3. The number of hydrogen-bond acceptors (Lipinski definition) is 3. The molecule has 0 aromatic carbocycles. The summed E-state index contributed by atoms with van der Waals surface area (Å²) in [4.78, 5) is 14.5. The van der Waals surface area contributed by atoms with Gasteiger partial charge in [-0.2, -0.15) is 13.2 Å². The molecule has 2 N–H and O–H groups in total. The molecule has 98 valence electrons. The Labute approximate surface area is 102 Å². The summed E-state index contributed by atoms with van der Waals surface area (Å²) in [5.74, 6) is -0.363. The van der Waals surface area contributed by atoms with E-state index in [0.717, 1.165) is 18.3 Å². The lowest BCUT2D eigenvalue weighted by molar-refractivity contribution is -0.141. The summed E-state index contributed by atoms with van der Waals surface area (Å²) >= 11 is 0. The Morgan fingerprint density at radius 2 is 2.17 bits per heavy atom. The summed E-state index contributed by atoms with van der Waals surface area (Å²) in [6.45, 7) is 3.98. The predicted octanol–water partition coefficient (Wildman–Crippen LogP) is 1.81. The first-order chi connectivity index (χ1) is 8.43. The topological polar surface area (TPSA) is 54.0 Å². The highest BCUT2D eigenvalue weighted by Gasteiger charge is 2.32. The van der Waals surface area contributed by atoms with Gasteiger partial charge in [-0.25, -0.2) is 4.98 Å². The van der Waals surface area contributed by atoms with Gasteiger partial charge in [-0.05, 0) is 12.1 Å². The maximum Gasteiger partial charge on any atom is 0.433 e. The van der Waals surface area contributed by atoms with E-state index in [1.807, 2.05) is 0 Å². The number of aromatic nitrogens is 1.